The minimum atomic E-state index is 0.734. The number of rotatable bonds is 0. The molecular formula is C14H11N6+. The fourth-order valence-corrected chi connectivity index (χ4v) is 3.13. The van der Waals surface area contributed by atoms with Crippen LogP contribution in [0.5, 0.6) is 0 Å². The number of aromatic nitrogens is 6. The SMILES string of the molecule is Cn1c2[n+](c3c1nc1ncccn13)Cc1ccncc1-2. The Balaban J connectivity index is 1.99. The maximum atomic E-state index is 4.62. The van der Waals surface area contributed by atoms with Crippen molar-refractivity contribution in [3.8, 4) is 11.4 Å². The molecule has 4 aromatic rings. The molecule has 6 nitrogen and oxygen atoms in total. The summed E-state index contributed by atoms with van der Waals surface area (Å²) in [6.07, 6.45) is 7.55. The maximum absolute atomic E-state index is 4.62. The summed E-state index contributed by atoms with van der Waals surface area (Å²) in [4.78, 5) is 13.2. The number of fused-ring (bicyclic) bond motifs is 7. The second-order valence-electron chi connectivity index (χ2n) is 5.05. The lowest BCUT2D eigenvalue weighted by Gasteiger charge is -1.95. The van der Waals surface area contributed by atoms with Crippen LogP contribution in [-0.4, -0.2) is 23.9 Å². The highest BCUT2D eigenvalue weighted by molar-refractivity contribution is 5.75. The molecule has 96 valence electrons. The van der Waals surface area contributed by atoms with Gasteiger partial charge < -0.3 is 0 Å². The van der Waals surface area contributed by atoms with Gasteiger partial charge in [0.25, 0.3) is 17.1 Å². The molecule has 0 saturated carbocycles. The molecule has 6 heteroatoms. The Morgan fingerprint density at radius 1 is 1.30 bits per heavy atom. The van der Waals surface area contributed by atoms with E-state index >= 15 is 0 Å². The minimum absolute atomic E-state index is 0.734. The first-order valence-corrected chi connectivity index (χ1v) is 6.49. The van der Waals surface area contributed by atoms with Gasteiger partial charge in [-0.05, 0) is 12.1 Å². The predicted molar refractivity (Wildman–Crippen MR) is 72.0 cm³/mol. The van der Waals surface area contributed by atoms with E-state index < -0.39 is 0 Å². The van der Waals surface area contributed by atoms with E-state index in [1.54, 1.807) is 6.20 Å². The highest BCUT2D eigenvalue weighted by Crippen LogP contribution is 2.29. The highest BCUT2D eigenvalue weighted by Gasteiger charge is 2.34. The van der Waals surface area contributed by atoms with Gasteiger partial charge in [-0.2, -0.15) is 9.38 Å². The molecule has 0 saturated heterocycles. The second-order valence-corrected chi connectivity index (χ2v) is 5.05. The first-order valence-electron chi connectivity index (χ1n) is 6.49. The maximum Gasteiger partial charge on any atom is 0.299 e. The van der Waals surface area contributed by atoms with E-state index in [1.165, 1.54) is 11.1 Å². The molecule has 0 aromatic carbocycles. The monoisotopic (exact) mass is 263 g/mol. The van der Waals surface area contributed by atoms with Crippen molar-refractivity contribution in [2.75, 3.05) is 0 Å². The van der Waals surface area contributed by atoms with Crippen LogP contribution in [0.1, 0.15) is 5.56 Å². The van der Waals surface area contributed by atoms with E-state index in [0.717, 1.165) is 29.4 Å². The third-order valence-electron chi connectivity index (χ3n) is 3.99. The summed E-state index contributed by atoms with van der Waals surface area (Å²) in [6, 6.07) is 4.01. The molecule has 0 fully saturated rings. The van der Waals surface area contributed by atoms with Crippen LogP contribution < -0.4 is 4.57 Å². The van der Waals surface area contributed by atoms with E-state index in [2.05, 4.69) is 30.2 Å². The normalized spacial score (nSPS) is 13.1. The third-order valence-corrected chi connectivity index (χ3v) is 3.99. The first kappa shape index (κ1) is 10.1. The lowest BCUT2D eigenvalue weighted by atomic mass is 10.2. The zero-order valence-corrected chi connectivity index (χ0v) is 10.9. The molecule has 0 N–H and O–H groups in total. The average Bonchev–Trinajstić information content (AvgIpc) is 3.10. The number of aryl methyl sites for hydroxylation is 1. The molecule has 5 rings (SSSR count). The molecular weight excluding hydrogens is 252 g/mol. The smallest absolute Gasteiger partial charge is 0.264 e. The number of nitrogens with zero attached hydrogens (tertiary/aromatic N) is 6. The molecule has 1 aliphatic heterocycles. The highest BCUT2D eigenvalue weighted by atomic mass is 15.3. The second kappa shape index (κ2) is 3.22. The van der Waals surface area contributed by atoms with E-state index in [4.69, 9.17) is 0 Å². The van der Waals surface area contributed by atoms with Crippen LogP contribution in [0.4, 0.5) is 0 Å². The van der Waals surface area contributed by atoms with Gasteiger partial charge in [0, 0.05) is 24.2 Å². The molecule has 0 aliphatic carbocycles. The van der Waals surface area contributed by atoms with Crippen molar-refractivity contribution < 1.29 is 4.57 Å². The van der Waals surface area contributed by atoms with Gasteiger partial charge in [-0.25, -0.2) is 14.1 Å². The Morgan fingerprint density at radius 2 is 2.25 bits per heavy atom. The van der Waals surface area contributed by atoms with Crippen molar-refractivity contribution in [2.24, 2.45) is 7.05 Å². The molecule has 0 bridgehead atoms. The number of pyridine rings is 1. The van der Waals surface area contributed by atoms with E-state index in [-0.39, 0.29) is 0 Å². The Hall–Kier alpha value is -2.76. The third kappa shape index (κ3) is 1.01. The van der Waals surface area contributed by atoms with Crippen molar-refractivity contribution in [3.05, 3.63) is 42.5 Å². The average molecular weight is 263 g/mol. The number of imidazole rings is 2. The summed E-state index contributed by atoms with van der Waals surface area (Å²) < 4.78 is 6.44. The van der Waals surface area contributed by atoms with E-state index in [1.807, 2.05) is 36.1 Å². The Morgan fingerprint density at radius 3 is 3.20 bits per heavy atom. The number of hydrogen-bond donors (Lipinski definition) is 0. The van der Waals surface area contributed by atoms with Gasteiger partial charge in [-0.3, -0.25) is 4.98 Å². The summed E-state index contributed by atoms with van der Waals surface area (Å²) in [7, 11) is 2.04. The van der Waals surface area contributed by atoms with Crippen molar-refractivity contribution in [1.82, 2.24) is 23.9 Å². The molecule has 0 atom stereocenters. The van der Waals surface area contributed by atoms with Gasteiger partial charge in [-0.1, -0.05) is 0 Å². The zero-order chi connectivity index (χ0) is 13.3. The molecule has 0 unspecified atom stereocenters. The van der Waals surface area contributed by atoms with Gasteiger partial charge in [-0.15, -0.1) is 0 Å². The Labute approximate surface area is 114 Å². The molecule has 4 aromatic heterocycles. The predicted octanol–water partition coefficient (Wildman–Crippen LogP) is 0.932. The first-order chi connectivity index (χ1) is 9.84. The molecule has 0 spiro atoms. The summed E-state index contributed by atoms with van der Waals surface area (Å²) in [5.74, 6) is 1.89. The van der Waals surface area contributed by atoms with Crippen molar-refractivity contribution in [2.45, 2.75) is 6.54 Å². The summed E-state index contributed by atoms with van der Waals surface area (Å²) in [5, 5.41) is 0. The van der Waals surface area contributed by atoms with Crippen LogP contribution in [0.25, 0.3) is 28.5 Å². The van der Waals surface area contributed by atoms with Gasteiger partial charge in [0.2, 0.25) is 5.82 Å². The zero-order valence-electron chi connectivity index (χ0n) is 10.9. The lowest BCUT2D eigenvalue weighted by Crippen LogP contribution is -2.32. The van der Waals surface area contributed by atoms with Crippen molar-refractivity contribution in [3.63, 3.8) is 0 Å². The Kier molecular flexibility index (Phi) is 1.62. The summed E-state index contributed by atoms with van der Waals surface area (Å²) >= 11 is 0. The van der Waals surface area contributed by atoms with E-state index in [0.29, 0.717) is 0 Å². The van der Waals surface area contributed by atoms with Gasteiger partial charge in [0.15, 0.2) is 0 Å². The molecule has 0 radical (unpaired) electrons. The van der Waals surface area contributed by atoms with Crippen LogP contribution in [0.3, 0.4) is 0 Å². The van der Waals surface area contributed by atoms with Gasteiger partial charge in [0.1, 0.15) is 0 Å². The fourth-order valence-electron chi connectivity index (χ4n) is 3.13. The largest absolute Gasteiger partial charge is 0.299 e. The van der Waals surface area contributed by atoms with Crippen LogP contribution in [0.15, 0.2) is 36.9 Å². The van der Waals surface area contributed by atoms with Gasteiger partial charge in [0.05, 0.1) is 25.4 Å². The standard InChI is InChI=1S/C14H11N6/c1-18-11-13(19-6-2-4-16-14(19)17-11)20-8-9-3-5-15-7-10(9)12(18)20/h2-7H,8H2,1H3/q+1. The molecule has 20 heavy (non-hydrogen) atoms. The quantitative estimate of drug-likeness (QED) is 0.391. The van der Waals surface area contributed by atoms with Crippen LogP contribution in [-0.2, 0) is 13.6 Å². The Bertz CT molecular complexity index is 994. The van der Waals surface area contributed by atoms with Crippen LogP contribution in [0.2, 0.25) is 0 Å². The van der Waals surface area contributed by atoms with Crippen molar-refractivity contribution >= 4 is 17.1 Å². The van der Waals surface area contributed by atoms with Crippen molar-refractivity contribution in [1.29, 1.82) is 0 Å². The summed E-state index contributed by atoms with van der Waals surface area (Å²) in [6.45, 7) is 0.854. The minimum Gasteiger partial charge on any atom is -0.264 e. The molecule has 5 heterocycles. The summed E-state index contributed by atoms with van der Waals surface area (Å²) in [5.41, 5.74) is 4.52. The number of hydrogen-bond acceptors (Lipinski definition) is 3. The molecule has 0 amide bonds. The van der Waals surface area contributed by atoms with E-state index in [9.17, 15) is 0 Å². The molecule has 1 aliphatic rings. The van der Waals surface area contributed by atoms with Crippen LogP contribution >= 0.6 is 0 Å². The lowest BCUT2D eigenvalue weighted by molar-refractivity contribution is -0.648. The van der Waals surface area contributed by atoms with Crippen LogP contribution in [0, 0.1) is 0 Å². The topological polar surface area (TPSA) is 51.9 Å². The van der Waals surface area contributed by atoms with Gasteiger partial charge >= 0.3 is 0 Å². The fraction of sp³-hybridized carbons (Fsp3) is 0.143.